The molecule has 3 atom stereocenters. The van der Waals surface area contributed by atoms with Crippen LogP contribution >= 0.6 is 0 Å². The fourth-order valence-corrected chi connectivity index (χ4v) is 5.35. The van der Waals surface area contributed by atoms with Crippen molar-refractivity contribution < 1.29 is 18.4 Å². The van der Waals surface area contributed by atoms with Crippen molar-refractivity contribution in [2.45, 2.75) is 38.8 Å². The van der Waals surface area contributed by atoms with E-state index in [1.807, 2.05) is 4.90 Å². The van der Waals surface area contributed by atoms with Gasteiger partial charge in [0.05, 0.1) is 42.8 Å². The molecule has 2 fully saturated rings. The average molecular weight is 580 g/mol. The van der Waals surface area contributed by atoms with Crippen LogP contribution < -0.4 is 21.5 Å². The highest BCUT2D eigenvalue weighted by Gasteiger charge is 2.71. The van der Waals surface area contributed by atoms with Gasteiger partial charge in [-0.3, -0.25) is 28.5 Å². The van der Waals surface area contributed by atoms with Crippen LogP contribution in [0.4, 0.5) is 20.4 Å². The number of carbonyl (C=O) groups excluding carboxylic acids is 2. The summed E-state index contributed by atoms with van der Waals surface area (Å²) in [7, 11) is 1.44. The Bertz CT molecular complexity index is 1830. The molecule has 42 heavy (non-hydrogen) atoms. The van der Waals surface area contributed by atoms with Gasteiger partial charge in [0.1, 0.15) is 11.9 Å². The minimum Gasteiger partial charge on any atom is -0.356 e. The number of aromatic nitrogens is 7. The van der Waals surface area contributed by atoms with E-state index < -0.39 is 41.0 Å². The zero-order chi connectivity index (χ0) is 29.9. The predicted molar refractivity (Wildman–Crippen MR) is 147 cm³/mol. The molecule has 1 saturated carbocycles. The number of anilines is 2. The minimum atomic E-state index is -2.56. The van der Waals surface area contributed by atoms with Crippen molar-refractivity contribution >= 4 is 34.5 Å². The average Bonchev–Trinajstić information content (AvgIpc) is 3.41. The molecule has 0 spiro atoms. The fraction of sp³-hybridized carbons (Fsp3) is 0.407. The summed E-state index contributed by atoms with van der Waals surface area (Å²) in [5.41, 5.74) is -0.249. The molecule has 4 aromatic heterocycles. The van der Waals surface area contributed by atoms with Crippen LogP contribution in [0, 0.1) is 11.8 Å². The molecule has 0 aromatic carbocycles. The summed E-state index contributed by atoms with van der Waals surface area (Å²) < 4.78 is 30.4. The number of nitrogens with zero attached hydrogens (tertiary/aromatic N) is 8. The van der Waals surface area contributed by atoms with Crippen molar-refractivity contribution in [2.75, 3.05) is 23.3 Å². The molecule has 13 nitrogen and oxygen atoms in total. The number of pyridine rings is 1. The number of ketones is 1. The first-order valence-corrected chi connectivity index (χ1v) is 13.4. The topological polar surface area (TPSA) is 150 Å². The van der Waals surface area contributed by atoms with E-state index in [-0.39, 0.29) is 48.8 Å². The SMILES string of the molecule is CCC(=O)Cn1c(=O)c2c(ncn2[C@@H](C)C(=O)Nc2cncc(-c3ccc(N4CC5C(C4)C5(F)F)nc3)n2)n(C)c1=O. The molecule has 2 unspecified atom stereocenters. The summed E-state index contributed by atoms with van der Waals surface area (Å²) in [4.78, 5) is 70.1. The molecule has 1 amide bonds. The van der Waals surface area contributed by atoms with Crippen LogP contribution in [0.25, 0.3) is 22.4 Å². The Morgan fingerprint density at radius 3 is 2.52 bits per heavy atom. The van der Waals surface area contributed by atoms with Crippen LogP contribution in [0.15, 0.2) is 46.6 Å². The normalized spacial score (nSPS) is 19.5. The summed E-state index contributed by atoms with van der Waals surface area (Å²) in [5, 5.41) is 2.69. The molecule has 2 aliphatic rings. The Morgan fingerprint density at radius 2 is 1.86 bits per heavy atom. The quantitative estimate of drug-likeness (QED) is 0.329. The van der Waals surface area contributed by atoms with Crippen LogP contribution in [0.5, 0.6) is 0 Å². The first-order valence-electron chi connectivity index (χ1n) is 13.4. The van der Waals surface area contributed by atoms with Gasteiger partial charge >= 0.3 is 5.69 Å². The van der Waals surface area contributed by atoms with Crippen LogP contribution in [0.3, 0.4) is 0 Å². The number of hydrogen-bond acceptors (Lipinski definition) is 9. The van der Waals surface area contributed by atoms with Gasteiger partial charge < -0.3 is 14.8 Å². The fourth-order valence-electron chi connectivity index (χ4n) is 5.35. The Labute approximate surface area is 236 Å². The molecule has 0 radical (unpaired) electrons. The second-order valence-corrected chi connectivity index (χ2v) is 10.6. The Morgan fingerprint density at radius 1 is 1.12 bits per heavy atom. The Balaban J connectivity index is 1.20. The lowest BCUT2D eigenvalue weighted by atomic mass is 10.2. The summed E-state index contributed by atoms with van der Waals surface area (Å²) in [5.74, 6) is -3.83. The third-order valence-corrected chi connectivity index (χ3v) is 8.04. The first kappa shape index (κ1) is 27.4. The van der Waals surface area contributed by atoms with E-state index in [9.17, 15) is 28.0 Å². The lowest BCUT2D eigenvalue weighted by molar-refractivity contribution is -0.120. The predicted octanol–water partition coefficient (Wildman–Crippen LogP) is 1.63. The van der Waals surface area contributed by atoms with E-state index in [1.54, 1.807) is 32.2 Å². The van der Waals surface area contributed by atoms with E-state index in [0.29, 0.717) is 17.1 Å². The zero-order valence-electron chi connectivity index (χ0n) is 23.0. The van der Waals surface area contributed by atoms with Crippen molar-refractivity contribution in [3.8, 4) is 11.3 Å². The van der Waals surface area contributed by atoms with E-state index >= 15 is 0 Å². The molecule has 4 aromatic rings. The number of rotatable bonds is 8. The van der Waals surface area contributed by atoms with Gasteiger partial charge in [-0.1, -0.05) is 6.92 Å². The molecular weight excluding hydrogens is 552 g/mol. The number of piperidine rings is 1. The largest absolute Gasteiger partial charge is 0.356 e. The number of amides is 1. The van der Waals surface area contributed by atoms with Crippen LogP contribution in [-0.4, -0.2) is 64.3 Å². The van der Waals surface area contributed by atoms with Gasteiger partial charge in [0.2, 0.25) is 5.91 Å². The molecule has 0 bridgehead atoms. The molecule has 6 rings (SSSR count). The monoisotopic (exact) mass is 579 g/mol. The van der Waals surface area contributed by atoms with Gasteiger partial charge in [0.15, 0.2) is 22.8 Å². The van der Waals surface area contributed by atoms with Crippen molar-refractivity contribution in [3.63, 3.8) is 0 Å². The Kier molecular flexibility index (Phi) is 6.46. The molecule has 218 valence electrons. The molecular formula is C27H27F2N9O4. The van der Waals surface area contributed by atoms with Gasteiger partial charge in [-0.25, -0.2) is 28.5 Å². The number of aryl methyl sites for hydroxylation is 1. The van der Waals surface area contributed by atoms with E-state index in [4.69, 9.17) is 0 Å². The molecule has 1 aliphatic heterocycles. The van der Waals surface area contributed by atoms with Crippen molar-refractivity contribution in [1.82, 2.24) is 33.6 Å². The van der Waals surface area contributed by atoms with Gasteiger partial charge in [0.25, 0.3) is 11.5 Å². The second-order valence-electron chi connectivity index (χ2n) is 10.6. The number of imidazole rings is 1. The number of halogens is 2. The summed E-state index contributed by atoms with van der Waals surface area (Å²) >= 11 is 0. The number of nitrogens with one attached hydrogen (secondary N) is 1. The summed E-state index contributed by atoms with van der Waals surface area (Å²) in [6.07, 6.45) is 5.90. The number of hydrogen-bond donors (Lipinski definition) is 1. The summed E-state index contributed by atoms with van der Waals surface area (Å²) in [6, 6.07) is 2.56. The zero-order valence-corrected chi connectivity index (χ0v) is 23.0. The van der Waals surface area contributed by atoms with Gasteiger partial charge in [-0.2, -0.15) is 0 Å². The van der Waals surface area contributed by atoms with Gasteiger partial charge in [-0.05, 0) is 19.1 Å². The van der Waals surface area contributed by atoms with Crippen molar-refractivity contribution in [2.24, 2.45) is 18.9 Å². The smallest absolute Gasteiger partial charge is 0.332 e. The highest BCUT2D eigenvalue weighted by molar-refractivity contribution is 5.93. The maximum Gasteiger partial charge on any atom is 0.332 e. The van der Waals surface area contributed by atoms with Crippen molar-refractivity contribution in [1.29, 1.82) is 0 Å². The van der Waals surface area contributed by atoms with E-state index in [0.717, 1.165) is 9.13 Å². The Hall–Kier alpha value is -4.82. The van der Waals surface area contributed by atoms with Crippen LogP contribution in [-0.2, 0) is 23.2 Å². The van der Waals surface area contributed by atoms with E-state index in [2.05, 4.69) is 25.3 Å². The highest BCUT2D eigenvalue weighted by Crippen LogP contribution is 2.59. The number of carbonyl (C=O) groups is 2. The van der Waals surface area contributed by atoms with Crippen LogP contribution in [0.2, 0.25) is 0 Å². The molecule has 1 saturated heterocycles. The first-order chi connectivity index (χ1) is 20.0. The highest BCUT2D eigenvalue weighted by atomic mass is 19.3. The third-order valence-electron chi connectivity index (χ3n) is 8.04. The minimum absolute atomic E-state index is 0.00803. The lowest BCUT2D eigenvalue weighted by Crippen LogP contribution is -2.41. The molecule has 1 aliphatic carbocycles. The van der Waals surface area contributed by atoms with Gasteiger partial charge in [-0.15, -0.1) is 0 Å². The third kappa shape index (κ3) is 4.44. The standard InChI is InChI=1S/C27H27F2N9O4/c1-4-16(39)10-37-25(41)22-23(35(3)26(37)42)32-13-38(22)14(2)24(40)34-20-9-30-8-19(33-20)15-5-6-21(31-7-15)36-11-17-18(12-36)27(17,28)29/h5-9,13-14,17-18H,4,10-12H2,1-3H3,(H,33,34,40)/t14-,17?,18?/m0/s1. The molecule has 15 heteroatoms. The number of Topliss-reactive ketones (excluding diaryl/α,β-unsaturated/α-hetero) is 1. The second kappa shape index (κ2) is 9.92. The van der Waals surface area contributed by atoms with Crippen molar-refractivity contribution in [3.05, 3.63) is 57.9 Å². The maximum atomic E-state index is 13.5. The maximum absolute atomic E-state index is 13.5. The molecule has 1 N–H and O–H groups in total. The summed E-state index contributed by atoms with van der Waals surface area (Å²) in [6.45, 7) is 3.36. The van der Waals surface area contributed by atoms with Gasteiger partial charge in [0, 0.05) is 38.3 Å². The number of fused-ring (bicyclic) bond motifs is 2. The van der Waals surface area contributed by atoms with Crippen LogP contribution in [0.1, 0.15) is 26.3 Å². The number of alkyl halides is 2. The van der Waals surface area contributed by atoms with E-state index in [1.165, 1.54) is 30.3 Å². The lowest BCUT2D eigenvalue weighted by Gasteiger charge is -2.20. The molecule has 5 heterocycles.